The van der Waals surface area contributed by atoms with E-state index in [0.29, 0.717) is 6.42 Å². The molecule has 1 aromatic carbocycles. The topological polar surface area (TPSA) is 46.5 Å². The van der Waals surface area contributed by atoms with Gasteiger partial charge in [-0.05, 0) is 18.4 Å². The third-order valence-corrected chi connectivity index (χ3v) is 2.08. The van der Waals surface area contributed by atoms with E-state index in [4.69, 9.17) is 0 Å². The normalized spacial score (nSPS) is 11.1. The molecule has 0 saturated heterocycles. The maximum Gasteiger partial charge on any atom is 0.384 e. The van der Waals surface area contributed by atoms with E-state index in [2.05, 4.69) is 16.6 Å². The van der Waals surface area contributed by atoms with Crippen molar-refractivity contribution >= 4 is 5.97 Å². The molecule has 1 atom stereocenters. The number of ether oxygens (including phenoxy) is 1. The van der Waals surface area contributed by atoms with Crippen LogP contribution in [-0.4, -0.2) is 24.3 Å². The molecule has 0 fully saturated rings. The van der Waals surface area contributed by atoms with Crippen molar-refractivity contribution in [1.82, 2.24) is 0 Å². The van der Waals surface area contributed by atoms with E-state index in [9.17, 15) is 9.90 Å². The largest absolute Gasteiger partial charge is 0.459 e. The molecular weight excluding hydrogens is 204 g/mol. The molecule has 0 aliphatic carbocycles. The van der Waals surface area contributed by atoms with Gasteiger partial charge in [-0.1, -0.05) is 36.3 Å². The number of carbonyl (C=O) groups excluding carboxylic acids is 1. The van der Waals surface area contributed by atoms with Crippen molar-refractivity contribution in [3.05, 3.63) is 35.9 Å². The number of rotatable bonds is 3. The Balaban J connectivity index is 2.38. The third-order valence-electron chi connectivity index (χ3n) is 2.08. The highest BCUT2D eigenvalue weighted by atomic mass is 16.5. The average Bonchev–Trinajstić information content (AvgIpc) is 2.34. The molecule has 0 aliphatic heterocycles. The molecule has 84 valence electrons. The van der Waals surface area contributed by atoms with Crippen LogP contribution in [-0.2, 0) is 16.0 Å². The lowest BCUT2D eigenvalue weighted by Crippen LogP contribution is -2.06. The summed E-state index contributed by atoms with van der Waals surface area (Å²) in [4.78, 5) is 10.7. The molecular formula is C13H14O3. The molecule has 0 amide bonds. The number of benzene rings is 1. The Hall–Kier alpha value is -1.79. The predicted octanol–water partition coefficient (Wildman–Crippen LogP) is 1.16. The molecule has 3 nitrogen and oxygen atoms in total. The number of hydrogen-bond donors (Lipinski definition) is 1. The van der Waals surface area contributed by atoms with Gasteiger partial charge in [-0.15, -0.1) is 0 Å². The standard InChI is InChI=1S/C13H14O3/c1-16-13(15)10-9-12(14)8-7-11-5-3-2-4-6-11/h2-6,12,14H,7-8H2,1H3/t12-/m0/s1. The van der Waals surface area contributed by atoms with Gasteiger partial charge in [0.05, 0.1) is 7.11 Å². The Morgan fingerprint density at radius 2 is 2.12 bits per heavy atom. The lowest BCUT2D eigenvalue weighted by atomic mass is 10.1. The summed E-state index contributed by atoms with van der Waals surface area (Å²) in [5.74, 6) is 4.02. The first-order chi connectivity index (χ1) is 7.72. The van der Waals surface area contributed by atoms with E-state index >= 15 is 0 Å². The second kappa shape index (κ2) is 6.65. The predicted molar refractivity (Wildman–Crippen MR) is 60.6 cm³/mol. The monoisotopic (exact) mass is 218 g/mol. The molecule has 0 aliphatic rings. The van der Waals surface area contributed by atoms with E-state index < -0.39 is 12.1 Å². The minimum absolute atomic E-state index is 0.508. The van der Waals surface area contributed by atoms with Gasteiger partial charge in [0, 0.05) is 5.92 Å². The number of esters is 1. The van der Waals surface area contributed by atoms with E-state index in [-0.39, 0.29) is 0 Å². The van der Waals surface area contributed by atoms with Crippen LogP contribution in [0.25, 0.3) is 0 Å². The molecule has 0 unspecified atom stereocenters. The van der Waals surface area contributed by atoms with Gasteiger partial charge in [0.2, 0.25) is 0 Å². The van der Waals surface area contributed by atoms with Gasteiger partial charge in [-0.2, -0.15) is 0 Å². The first-order valence-corrected chi connectivity index (χ1v) is 5.04. The molecule has 1 rings (SSSR count). The minimum Gasteiger partial charge on any atom is -0.459 e. The molecule has 16 heavy (non-hydrogen) atoms. The zero-order valence-electron chi connectivity index (χ0n) is 9.14. The highest BCUT2D eigenvalue weighted by Crippen LogP contribution is 2.04. The van der Waals surface area contributed by atoms with Crippen LogP contribution in [0.4, 0.5) is 0 Å². The maximum atomic E-state index is 10.7. The van der Waals surface area contributed by atoms with Crippen molar-refractivity contribution in [1.29, 1.82) is 0 Å². The van der Waals surface area contributed by atoms with Crippen LogP contribution < -0.4 is 0 Å². The number of aliphatic hydroxyl groups excluding tert-OH is 1. The maximum absolute atomic E-state index is 10.7. The molecule has 0 radical (unpaired) electrons. The molecule has 0 heterocycles. The van der Waals surface area contributed by atoms with E-state index in [1.165, 1.54) is 7.11 Å². The van der Waals surface area contributed by atoms with Gasteiger partial charge in [0.25, 0.3) is 0 Å². The minimum atomic E-state index is -0.792. The highest BCUT2D eigenvalue weighted by molar-refractivity contribution is 5.88. The van der Waals surface area contributed by atoms with Crippen LogP contribution in [0.3, 0.4) is 0 Å². The zero-order chi connectivity index (χ0) is 11.8. The summed E-state index contributed by atoms with van der Waals surface area (Å²) >= 11 is 0. The highest BCUT2D eigenvalue weighted by Gasteiger charge is 2.01. The van der Waals surface area contributed by atoms with E-state index in [1.54, 1.807) is 0 Å². The molecule has 1 aromatic rings. The number of hydrogen-bond acceptors (Lipinski definition) is 3. The number of aliphatic hydroxyl groups is 1. The molecule has 0 spiro atoms. The smallest absolute Gasteiger partial charge is 0.384 e. The molecule has 0 bridgehead atoms. The first-order valence-electron chi connectivity index (χ1n) is 5.04. The average molecular weight is 218 g/mol. The van der Waals surface area contributed by atoms with Crippen molar-refractivity contribution in [2.24, 2.45) is 0 Å². The first kappa shape index (κ1) is 12.3. The van der Waals surface area contributed by atoms with E-state index in [0.717, 1.165) is 12.0 Å². The van der Waals surface area contributed by atoms with Crippen LogP contribution in [0.15, 0.2) is 30.3 Å². The fourth-order valence-electron chi connectivity index (χ4n) is 1.21. The zero-order valence-corrected chi connectivity index (χ0v) is 9.14. The Morgan fingerprint density at radius 1 is 1.44 bits per heavy atom. The lowest BCUT2D eigenvalue weighted by molar-refractivity contribution is -0.133. The summed E-state index contributed by atoms with van der Waals surface area (Å²) < 4.78 is 4.34. The Morgan fingerprint density at radius 3 is 2.75 bits per heavy atom. The fourth-order valence-corrected chi connectivity index (χ4v) is 1.21. The summed E-state index contributed by atoms with van der Waals surface area (Å²) in [6.07, 6.45) is 0.450. The van der Waals surface area contributed by atoms with Gasteiger partial charge in [0.1, 0.15) is 6.10 Å². The Labute approximate surface area is 95.1 Å². The van der Waals surface area contributed by atoms with Gasteiger partial charge >= 0.3 is 5.97 Å². The van der Waals surface area contributed by atoms with Crippen LogP contribution in [0.2, 0.25) is 0 Å². The van der Waals surface area contributed by atoms with Crippen molar-refractivity contribution in [3.8, 4) is 11.8 Å². The summed E-state index contributed by atoms with van der Waals surface area (Å²) in [6, 6.07) is 9.81. The van der Waals surface area contributed by atoms with Crippen molar-refractivity contribution in [3.63, 3.8) is 0 Å². The molecule has 3 heteroatoms. The number of methoxy groups -OCH3 is 1. The second-order valence-electron chi connectivity index (χ2n) is 3.30. The van der Waals surface area contributed by atoms with Gasteiger partial charge in [-0.25, -0.2) is 4.79 Å². The number of carbonyl (C=O) groups is 1. The van der Waals surface area contributed by atoms with Crippen LogP contribution in [0.5, 0.6) is 0 Å². The van der Waals surface area contributed by atoms with Crippen LogP contribution in [0.1, 0.15) is 12.0 Å². The van der Waals surface area contributed by atoms with Crippen molar-refractivity contribution in [2.75, 3.05) is 7.11 Å². The summed E-state index contributed by atoms with van der Waals surface area (Å²) in [7, 11) is 1.26. The quantitative estimate of drug-likeness (QED) is 0.470. The summed E-state index contributed by atoms with van der Waals surface area (Å²) in [6.45, 7) is 0. The number of aryl methyl sites for hydroxylation is 1. The third kappa shape index (κ3) is 4.63. The van der Waals surface area contributed by atoms with Gasteiger partial charge in [0.15, 0.2) is 0 Å². The molecule has 1 N–H and O–H groups in total. The fraction of sp³-hybridized carbons (Fsp3) is 0.308. The van der Waals surface area contributed by atoms with Crippen LogP contribution >= 0.6 is 0 Å². The SMILES string of the molecule is COC(=O)C#C[C@@H](O)CCc1ccccc1. The Kier molecular flexibility index (Phi) is 5.10. The Bertz CT molecular complexity index is 387. The van der Waals surface area contributed by atoms with Crippen LogP contribution in [0, 0.1) is 11.8 Å². The lowest BCUT2D eigenvalue weighted by Gasteiger charge is -2.02. The van der Waals surface area contributed by atoms with Gasteiger partial charge in [-0.3, -0.25) is 0 Å². The summed E-state index contributed by atoms with van der Waals surface area (Å²) in [5.41, 5.74) is 1.14. The molecule has 0 aromatic heterocycles. The van der Waals surface area contributed by atoms with Gasteiger partial charge < -0.3 is 9.84 Å². The van der Waals surface area contributed by atoms with Crippen molar-refractivity contribution < 1.29 is 14.6 Å². The summed E-state index contributed by atoms with van der Waals surface area (Å²) in [5, 5.41) is 9.47. The van der Waals surface area contributed by atoms with E-state index in [1.807, 2.05) is 30.3 Å². The second-order valence-corrected chi connectivity index (χ2v) is 3.30. The molecule has 0 saturated carbocycles. The van der Waals surface area contributed by atoms with Crippen molar-refractivity contribution in [2.45, 2.75) is 18.9 Å².